The summed E-state index contributed by atoms with van der Waals surface area (Å²) in [5.41, 5.74) is 1.11. The fraction of sp³-hybridized carbons (Fsp3) is 0.312. The molecular formula is C16H20N3O3+. The third-order valence-corrected chi connectivity index (χ3v) is 3.39. The van der Waals surface area contributed by atoms with E-state index in [4.69, 9.17) is 4.74 Å². The maximum absolute atomic E-state index is 12.0. The molecule has 1 aromatic carbocycles. The summed E-state index contributed by atoms with van der Waals surface area (Å²) in [6.07, 6.45) is 3.76. The summed E-state index contributed by atoms with van der Waals surface area (Å²) in [5, 5.41) is 2.80. The normalized spacial score (nSPS) is 10.3. The molecule has 22 heavy (non-hydrogen) atoms. The van der Waals surface area contributed by atoms with Crippen molar-refractivity contribution >= 4 is 17.6 Å². The van der Waals surface area contributed by atoms with Gasteiger partial charge >= 0.3 is 5.97 Å². The second kappa shape index (κ2) is 6.89. The lowest BCUT2D eigenvalue weighted by Crippen LogP contribution is -2.31. The number of rotatable bonds is 5. The van der Waals surface area contributed by atoms with Crippen LogP contribution in [-0.4, -0.2) is 23.1 Å². The van der Waals surface area contributed by atoms with Gasteiger partial charge in [-0.25, -0.2) is 13.9 Å². The molecule has 0 spiro atoms. The number of benzene rings is 1. The third-order valence-electron chi connectivity index (χ3n) is 3.39. The monoisotopic (exact) mass is 302 g/mol. The molecule has 6 heteroatoms. The smallest absolute Gasteiger partial charge is 0.338 e. The standard InChI is InChI=1S/C16H19N3O3/c1-4-22-16(21)13-5-7-14(8-6-13)17-15(20)11-19-10-9-18(3)12(19)2/h5-10H,4,11H2,1-3H3/p+1. The molecule has 0 bridgehead atoms. The molecule has 0 saturated heterocycles. The minimum atomic E-state index is -0.365. The number of anilines is 1. The van der Waals surface area contributed by atoms with E-state index in [9.17, 15) is 9.59 Å². The van der Waals surface area contributed by atoms with Gasteiger partial charge in [0, 0.05) is 12.6 Å². The van der Waals surface area contributed by atoms with E-state index in [2.05, 4.69) is 5.32 Å². The van der Waals surface area contributed by atoms with Gasteiger partial charge in [0.15, 0.2) is 6.54 Å². The SMILES string of the molecule is CCOC(=O)c1ccc(NC(=O)Cn2cc[n+](C)c2C)cc1. The van der Waals surface area contributed by atoms with E-state index in [1.807, 2.05) is 35.5 Å². The van der Waals surface area contributed by atoms with E-state index < -0.39 is 0 Å². The minimum absolute atomic E-state index is 0.122. The van der Waals surface area contributed by atoms with Gasteiger partial charge in [-0.05, 0) is 31.2 Å². The summed E-state index contributed by atoms with van der Waals surface area (Å²) in [6.45, 7) is 4.29. The maximum Gasteiger partial charge on any atom is 0.338 e. The summed E-state index contributed by atoms with van der Waals surface area (Å²) in [5.74, 6) is 0.506. The zero-order chi connectivity index (χ0) is 16.1. The number of carbonyl (C=O) groups is 2. The molecule has 6 nitrogen and oxygen atoms in total. The van der Waals surface area contributed by atoms with Crippen LogP contribution in [0.5, 0.6) is 0 Å². The highest BCUT2D eigenvalue weighted by Gasteiger charge is 2.13. The maximum atomic E-state index is 12.0. The number of aryl methyl sites for hydroxylation is 1. The summed E-state index contributed by atoms with van der Waals surface area (Å²) in [6, 6.07) is 6.64. The Kier molecular flexibility index (Phi) is 4.93. The predicted octanol–water partition coefficient (Wildman–Crippen LogP) is 1.44. The number of carbonyl (C=O) groups excluding carboxylic acids is 2. The van der Waals surface area contributed by atoms with E-state index in [0.29, 0.717) is 17.9 Å². The largest absolute Gasteiger partial charge is 0.462 e. The lowest BCUT2D eigenvalue weighted by Gasteiger charge is -2.06. The van der Waals surface area contributed by atoms with Crippen molar-refractivity contribution in [3.63, 3.8) is 0 Å². The molecule has 0 atom stereocenters. The van der Waals surface area contributed by atoms with Crippen LogP contribution >= 0.6 is 0 Å². The molecule has 0 fully saturated rings. The van der Waals surface area contributed by atoms with Gasteiger partial charge in [-0.3, -0.25) is 4.79 Å². The summed E-state index contributed by atoms with van der Waals surface area (Å²) in [7, 11) is 1.93. The molecule has 0 unspecified atom stereocenters. The van der Waals surface area contributed by atoms with Crippen LogP contribution in [0.15, 0.2) is 36.7 Å². The Balaban J connectivity index is 1.97. The van der Waals surface area contributed by atoms with Crippen LogP contribution in [0.2, 0.25) is 0 Å². The van der Waals surface area contributed by atoms with Crippen molar-refractivity contribution in [1.82, 2.24) is 4.57 Å². The Morgan fingerprint density at radius 2 is 1.95 bits per heavy atom. The van der Waals surface area contributed by atoms with Gasteiger partial charge in [-0.1, -0.05) is 0 Å². The van der Waals surface area contributed by atoms with Crippen LogP contribution in [0.25, 0.3) is 0 Å². The first-order chi connectivity index (χ1) is 10.5. The summed E-state index contributed by atoms with van der Waals surface area (Å²) < 4.78 is 8.72. The molecule has 0 aliphatic carbocycles. The number of hydrogen-bond acceptors (Lipinski definition) is 3. The number of ether oxygens (including phenoxy) is 1. The average Bonchev–Trinajstić information content (AvgIpc) is 2.80. The number of amides is 1. The Bertz CT molecular complexity index is 674. The number of hydrogen-bond donors (Lipinski definition) is 1. The first-order valence-electron chi connectivity index (χ1n) is 7.09. The van der Waals surface area contributed by atoms with Crippen LogP contribution in [0, 0.1) is 6.92 Å². The van der Waals surface area contributed by atoms with Crippen molar-refractivity contribution in [3.05, 3.63) is 48.0 Å². The van der Waals surface area contributed by atoms with Gasteiger partial charge in [0.1, 0.15) is 12.4 Å². The Morgan fingerprint density at radius 1 is 1.27 bits per heavy atom. The van der Waals surface area contributed by atoms with Crippen molar-refractivity contribution < 1.29 is 18.9 Å². The highest BCUT2D eigenvalue weighted by Crippen LogP contribution is 2.11. The van der Waals surface area contributed by atoms with Gasteiger partial charge < -0.3 is 10.1 Å². The summed E-state index contributed by atoms with van der Waals surface area (Å²) in [4.78, 5) is 23.6. The molecule has 1 aromatic heterocycles. The van der Waals surface area contributed by atoms with Crippen LogP contribution < -0.4 is 9.88 Å². The zero-order valence-corrected chi connectivity index (χ0v) is 13.0. The molecule has 1 heterocycles. The first-order valence-corrected chi connectivity index (χ1v) is 7.09. The van der Waals surface area contributed by atoms with Gasteiger partial charge in [0.2, 0.25) is 0 Å². The molecular weight excluding hydrogens is 282 g/mol. The average molecular weight is 302 g/mol. The van der Waals surface area contributed by atoms with Crippen molar-refractivity contribution in [1.29, 1.82) is 0 Å². The van der Waals surface area contributed by atoms with Gasteiger partial charge in [-0.2, -0.15) is 0 Å². The highest BCUT2D eigenvalue weighted by molar-refractivity contribution is 5.93. The Morgan fingerprint density at radius 3 is 2.50 bits per heavy atom. The topological polar surface area (TPSA) is 64.2 Å². The number of nitrogens with zero attached hydrogens (tertiary/aromatic N) is 2. The second-order valence-electron chi connectivity index (χ2n) is 4.93. The third kappa shape index (κ3) is 3.72. The molecule has 0 radical (unpaired) electrons. The van der Waals surface area contributed by atoms with E-state index in [1.54, 1.807) is 31.2 Å². The Labute approximate surface area is 129 Å². The lowest BCUT2D eigenvalue weighted by atomic mass is 10.2. The fourth-order valence-electron chi connectivity index (χ4n) is 2.03. The number of esters is 1. The Hall–Kier alpha value is -2.63. The quantitative estimate of drug-likeness (QED) is 0.671. The van der Waals surface area contributed by atoms with Gasteiger partial charge in [-0.15, -0.1) is 0 Å². The second-order valence-corrected chi connectivity index (χ2v) is 4.93. The first kappa shape index (κ1) is 15.8. The number of nitrogens with one attached hydrogen (secondary N) is 1. The fourth-order valence-corrected chi connectivity index (χ4v) is 2.03. The van der Waals surface area contributed by atoms with Crippen molar-refractivity contribution in [2.75, 3.05) is 11.9 Å². The number of aromatic nitrogens is 2. The molecule has 0 saturated carbocycles. The molecule has 2 rings (SSSR count). The lowest BCUT2D eigenvalue weighted by molar-refractivity contribution is -0.677. The molecule has 2 aromatic rings. The van der Waals surface area contributed by atoms with E-state index in [1.165, 1.54) is 0 Å². The highest BCUT2D eigenvalue weighted by atomic mass is 16.5. The molecule has 1 N–H and O–H groups in total. The summed E-state index contributed by atoms with van der Waals surface area (Å²) >= 11 is 0. The predicted molar refractivity (Wildman–Crippen MR) is 81.4 cm³/mol. The van der Waals surface area contributed by atoms with Crippen molar-refractivity contribution in [2.45, 2.75) is 20.4 Å². The van der Waals surface area contributed by atoms with E-state index in [-0.39, 0.29) is 18.4 Å². The van der Waals surface area contributed by atoms with Crippen molar-refractivity contribution in [2.24, 2.45) is 7.05 Å². The van der Waals surface area contributed by atoms with Gasteiger partial charge in [0.25, 0.3) is 11.7 Å². The van der Waals surface area contributed by atoms with E-state index >= 15 is 0 Å². The minimum Gasteiger partial charge on any atom is -0.462 e. The molecule has 0 aliphatic heterocycles. The van der Waals surface area contributed by atoms with Crippen LogP contribution in [0.3, 0.4) is 0 Å². The van der Waals surface area contributed by atoms with Gasteiger partial charge in [0.05, 0.1) is 19.2 Å². The van der Waals surface area contributed by atoms with Crippen LogP contribution in [0.1, 0.15) is 23.1 Å². The number of imidazole rings is 1. The molecule has 0 aliphatic rings. The van der Waals surface area contributed by atoms with Crippen LogP contribution in [-0.2, 0) is 23.1 Å². The molecule has 1 amide bonds. The zero-order valence-electron chi connectivity index (χ0n) is 13.0. The van der Waals surface area contributed by atoms with Crippen LogP contribution in [0.4, 0.5) is 5.69 Å². The van der Waals surface area contributed by atoms with Crippen molar-refractivity contribution in [3.8, 4) is 0 Å². The van der Waals surface area contributed by atoms with E-state index in [0.717, 1.165) is 5.82 Å². The molecule has 116 valence electrons.